The van der Waals surface area contributed by atoms with Crippen molar-refractivity contribution in [2.75, 3.05) is 0 Å². The van der Waals surface area contributed by atoms with Crippen LogP contribution < -0.4 is 10.9 Å². The quantitative estimate of drug-likeness (QED) is 0.702. The van der Waals surface area contributed by atoms with Gasteiger partial charge in [0.1, 0.15) is 11.2 Å². The van der Waals surface area contributed by atoms with E-state index in [2.05, 4.69) is 26.1 Å². The van der Waals surface area contributed by atoms with E-state index in [4.69, 9.17) is 8.83 Å². The average molecular weight is 367 g/mol. The van der Waals surface area contributed by atoms with Gasteiger partial charge in [-0.25, -0.2) is 4.79 Å². The Labute approximate surface area is 157 Å². The Hall–Kier alpha value is -2.56. The normalized spacial score (nSPS) is 14.9. The minimum absolute atomic E-state index is 0.0306. The number of carbonyl (C=O) groups is 1. The van der Waals surface area contributed by atoms with Crippen molar-refractivity contribution in [2.45, 2.75) is 65.3 Å². The van der Waals surface area contributed by atoms with E-state index < -0.39 is 5.63 Å². The molecule has 3 aromatic rings. The summed E-state index contributed by atoms with van der Waals surface area (Å²) < 4.78 is 11.5. The van der Waals surface area contributed by atoms with Crippen LogP contribution in [0, 0.1) is 13.8 Å². The maximum absolute atomic E-state index is 12.5. The van der Waals surface area contributed by atoms with Crippen molar-refractivity contribution in [3.05, 3.63) is 45.0 Å². The first-order chi connectivity index (χ1) is 12.7. The second kappa shape index (κ2) is 5.98. The van der Waals surface area contributed by atoms with Gasteiger partial charge in [-0.2, -0.15) is 0 Å². The molecular formula is C22H25NO4. The second-order valence-electron chi connectivity index (χ2n) is 8.68. The Bertz CT molecular complexity index is 1120. The lowest BCUT2D eigenvalue weighted by Crippen LogP contribution is -2.29. The zero-order valence-electron chi connectivity index (χ0n) is 16.5. The van der Waals surface area contributed by atoms with Crippen LogP contribution in [0.25, 0.3) is 21.9 Å². The van der Waals surface area contributed by atoms with Crippen molar-refractivity contribution in [1.82, 2.24) is 5.32 Å². The topological polar surface area (TPSA) is 72.5 Å². The molecule has 2 aromatic heterocycles. The lowest BCUT2D eigenvalue weighted by atomic mass is 9.85. The highest BCUT2D eigenvalue weighted by atomic mass is 16.4. The molecule has 4 rings (SSSR count). The number of carbonyl (C=O) groups excluding carboxylic acids is 1. The molecule has 0 saturated heterocycles. The van der Waals surface area contributed by atoms with Crippen LogP contribution >= 0.6 is 0 Å². The van der Waals surface area contributed by atoms with Crippen molar-refractivity contribution >= 4 is 27.8 Å². The summed E-state index contributed by atoms with van der Waals surface area (Å²) in [6, 6.07) is 2.16. The molecule has 1 aliphatic carbocycles. The summed E-state index contributed by atoms with van der Waals surface area (Å²) >= 11 is 0. The minimum Gasteiger partial charge on any atom is -0.463 e. The van der Waals surface area contributed by atoms with Gasteiger partial charge in [-0.05, 0) is 49.3 Å². The summed E-state index contributed by atoms with van der Waals surface area (Å²) in [4.78, 5) is 24.8. The van der Waals surface area contributed by atoms with Crippen LogP contribution in [0.15, 0.2) is 26.0 Å². The van der Waals surface area contributed by atoms with E-state index in [0.29, 0.717) is 11.1 Å². The molecule has 0 aliphatic heterocycles. The molecule has 1 aliphatic rings. The Morgan fingerprint density at radius 2 is 1.93 bits per heavy atom. The Balaban J connectivity index is 1.93. The van der Waals surface area contributed by atoms with Gasteiger partial charge in [0.2, 0.25) is 5.91 Å². The number of nitrogens with one attached hydrogen (secondary N) is 1. The molecule has 1 aromatic carbocycles. The molecule has 1 amide bonds. The first kappa shape index (κ1) is 17.8. The number of hydrogen-bond acceptors (Lipinski definition) is 4. The minimum atomic E-state index is -0.452. The van der Waals surface area contributed by atoms with Gasteiger partial charge in [0.25, 0.3) is 0 Å². The van der Waals surface area contributed by atoms with Gasteiger partial charge in [0.15, 0.2) is 0 Å². The zero-order valence-corrected chi connectivity index (χ0v) is 16.5. The number of hydrogen-bond donors (Lipinski definition) is 1. The largest absolute Gasteiger partial charge is 0.463 e. The third-order valence-electron chi connectivity index (χ3n) is 5.37. The molecule has 0 bridgehead atoms. The van der Waals surface area contributed by atoms with Gasteiger partial charge in [0.05, 0.1) is 23.6 Å². The average Bonchev–Trinajstić information content (AvgIpc) is 3.23. The zero-order chi connectivity index (χ0) is 19.5. The van der Waals surface area contributed by atoms with E-state index in [-0.39, 0.29) is 23.8 Å². The fourth-order valence-corrected chi connectivity index (χ4v) is 3.71. The summed E-state index contributed by atoms with van der Waals surface area (Å²) in [7, 11) is 0. The number of benzene rings is 1. The van der Waals surface area contributed by atoms with Crippen molar-refractivity contribution in [1.29, 1.82) is 0 Å². The van der Waals surface area contributed by atoms with Gasteiger partial charge in [-0.3, -0.25) is 4.79 Å². The summed E-state index contributed by atoms with van der Waals surface area (Å²) in [5.41, 5.74) is 4.00. The molecule has 142 valence electrons. The monoisotopic (exact) mass is 367 g/mol. The van der Waals surface area contributed by atoms with E-state index in [9.17, 15) is 9.59 Å². The fraction of sp³-hybridized carbons (Fsp3) is 0.455. The molecule has 1 fully saturated rings. The maximum Gasteiger partial charge on any atom is 0.340 e. The molecule has 0 atom stereocenters. The van der Waals surface area contributed by atoms with Crippen LogP contribution in [0.1, 0.15) is 55.9 Å². The molecule has 2 heterocycles. The second-order valence-corrected chi connectivity index (χ2v) is 8.68. The smallest absolute Gasteiger partial charge is 0.340 e. The Morgan fingerprint density at radius 1 is 1.22 bits per heavy atom. The van der Waals surface area contributed by atoms with Gasteiger partial charge < -0.3 is 14.2 Å². The van der Waals surface area contributed by atoms with Gasteiger partial charge in [-0.15, -0.1) is 0 Å². The van der Waals surface area contributed by atoms with Crippen LogP contribution in [0.3, 0.4) is 0 Å². The molecular weight excluding hydrogens is 342 g/mol. The van der Waals surface area contributed by atoms with Crippen molar-refractivity contribution in [3.8, 4) is 0 Å². The van der Waals surface area contributed by atoms with Crippen LogP contribution in [-0.2, 0) is 16.6 Å². The highest BCUT2D eigenvalue weighted by Gasteiger charge is 2.27. The van der Waals surface area contributed by atoms with Crippen molar-refractivity contribution in [2.24, 2.45) is 0 Å². The van der Waals surface area contributed by atoms with Crippen LogP contribution in [0.5, 0.6) is 0 Å². The highest BCUT2D eigenvalue weighted by molar-refractivity contribution is 6.07. The summed E-state index contributed by atoms with van der Waals surface area (Å²) in [5.74, 6) is -0.134. The SMILES string of the molecule is Cc1cc2oc(=O)c(CC(=O)NC3CC3)c(C)c2c2occ(C(C)(C)C)c12. The third-order valence-corrected chi connectivity index (χ3v) is 5.37. The van der Waals surface area contributed by atoms with Crippen molar-refractivity contribution < 1.29 is 13.6 Å². The number of furan rings is 1. The van der Waals surface area contributed by atoms with Gasteiger partial charge >= 0.3 is 5.63 Å². The van der Waals surface area contributed by atoms with Gasteiger partial charge in [0, 0.05) is 17.0 Å². The van der Waals surface area contributed by atoms with Crippen LogP contribution in [0.2, 0.25) is 0 Å². The van der Waals surface area contributed by atoms with Crippen LogP contribution in [-0.4, -0.2) is 11.9 Å². The summed E-state index contributed by atoms with van der Waals surface area (Å²) in [6.45, 7) is 10.3. The summed E-state index contributed by atoms with van der Waals surface area (Å²) in [6.07, 6.45) is 3.85. The molecule has 5 heteroatoms. The predicted octanol–water partition coefficient (Wildman–Crippen LogP) is 4.27. The molecule has 0 unspecified atom stereocenters. The third kappa shape index (κ3) is 3.05. The molecule has 1 saturated carbocycles. The molecule has 0 radical (unpaired) electrons. The van der Waals surface area contributed by atoms with Crippen molar-refractivity contribution in [3.63, 3.8) is 0 Å². The molecule has 0 spiro atoms. The first-order valence-corrected chi connectivity index (χ1v) is 9.43. The number of fused-ring (bicyclic) bond motifs is 3. The predicted molar refractivity (Wildman–Crippen MR) is 105 cm³/mol. The van der Waals surface area contributed by atoms with E-state index >= 15 is 0 Å². The lowest BCUT2D eigenvalue weighted by molar-refractivity contribution is -0.120. The van der Waals surface area contributed by atoms with Crippen LogP contribution in [0.4, 0.5) is 0 Å². The fourth-order valence-electron chi connectivity index (χ4n) is 3.71. The Morgan fingerprint density at radius 3 is 2.56 bits per heavy atom. The molecule has 5 nitrogen and oxygen atoms in total. The summed E-state index contributed by atoms with van der Waals surface area (Å²) in [5, 5.41) is 4.77. The molecule has 1 N–H and O–H groups in total. The maximum atomic E-state index is 12.5. The number of amides is 1. The highest BCUT2D eigenvalue weighted by Crippen LogP contribution is 2.38. The van der Waals surface area contributed by atoms with Gasteiger partial charge in [-0.1, -0.05) is 20.8 Å². The van der Waals surface area contributed by atoms with E-state index in [1.807, 2.05) is 19.9 Å². The lowest BCUT2D eigenvalue weighted by Gasteiger charge is -2.17. The first-order valence-electron chi connectivity index (χ1n) is 9.43. The van der Waals surface area contributed by atoms with E-state index in [1.54, 1.807) is 6.26 Å². The standard InChI is InChI=1S/C22H25NO4/c1-11-8-16-19(20-18(11)15(10-26-20)22(3,4)5)12(2)14(21(25)27-16)9-17(24)23-13-6-7-13/h8,10,13H,6-7,9H2,1-5H3,(H,23,24). The number of aryl methyl sites for hydroxylation is 2. The van der Waals surface area contributed by atoms with E-state index in [1.165, 1.54) is 0 Å². The Kier molecular flexibility index (Phi) is 3.95. The van der Waals surface area contributed by atoms with E-state index in [0.717, 1.165) is 45.9 Å². The molecule has 27 heavy (non-hydrogen) atoms. The number of rotatable bonds is 3.